The van der Waals surface area contributed by atoms with Gasteiger partial charge in [0.25, 0.3) is 0 Å². The van der Waals surface area contributed by atoms with Crippen molar-refractivity contribution >= 4 is 32.6 Å². The predicted octanol–water partition coefficient (Wildman–Crippen LogP) is 3.07. The minimum atomic E-state index is 0.197. The zero-order valence-corrected chi connectivity index (χ0v) is 10.3. The zero-order chi connectivity index (χ0) is 11.0. The highest BCUT2D eigenvalue weighted by Crippen LogP contribution is 2.24. The highest BCUT2D eigenvalue weighted by molar-refractivity contribution is 9.10. The fraction of sp³-hybridized carbons (Fsp3) is 0.250. The third kappa shape index (κ3) is 1.97. The van der Waals surface area contributed by atoms with E-state index in [1.165, 1.54) is 0 Å². The number of rotatable bonds is 2. The van der Waals surface area contributed by atoms with Gasteiger partial charge in [0.05, 0.1) is 0 Å². The SMILES string of the molecule is CC(=O)Cc1cn(C)c2ccc(Br)cc12. The van der Waals surface area contributed by atoms with Crippen LogP contribution in [0.1, 0.15) is 12.5 Å². The first-order valence-electron chi connectivity index (χ1n) is 4.81. The Hall–Kier alpha value is -1.09. The lowest BCUT2D eigenvalue weighted by Gasteiger charge is -1.97. The monoisotopic (exact) mass is 265 g/mol. The van der Waals surface area contributed by atoms with Gasteiger partial charge in [-0.05, 0) is 30.7 Å². The third-order valence-electron chi connectivity index (χ3n) is 2.47. The highest BCUT2D eigenvalue weighted by atomic mass is 79.9. The van der Waals surface area contributed by atoms with E-state index in [4.69, 9.17) is 0 Å². The second-order valence-corrected chi connectivity index (χ2v) is 4.72. The molecule has 1 aromatic heterocycles. The molecule has 0 aliphatic rings. The molecule has 0 unspecified atom stereocenters. The van der Waals surface area contributed by atoms with Crippen LogP contribution >= 0.6 is 15.9 Å². The minimum Gasteiger partial charge on any atom is -0.350 e. The molecule has 2 aromatic rings. The summed E-state index contributed by atoms with van der Waals surface area (Å²) in [5, 5.41) is 1.15. The Bertz CT molecular complexity index is 528. The van der Waals surface area contributed by atoms with Gasteiger partial charge in [0.2, 0.25) is 0 Å². The Morgan fingerprint density at radius 2 is 2.20 bits per heavy atom. The van der Waals surface area contributed by atoms with E-state index in [1.807, 2.05) is 19.3 Å². The fourth-order valence-electron chi connectivity index (χ4n) is 1.85. The molecule has 15 heavy (non-hydrogen) atoms. The summed E-state index contributed by atoms with van der Waals surface area (Å²) in [6.07, 6.45) is 2.53. The summed E-state index contributed by atoms with van der Waals surface area (Å²) in [5.41, 5.74) is 2.26. The van der Waals surface area contributed by atoms with E-state index in [0.29, 0.717) is 6.42 Å². The average Bonchev–Trinajstić information content (AvgIpc) is 2.42. The maximum absolute atomic E-state index is 11.1. The fourth-order valence-corrected chi connectivity index (χ4v) is 2.22. The van der Waals surface area contributed by atoms with Crippen LogP contribution in [0.15, 0.2) is 28.9 Å². The van der Waals surface area contributed by atoms with Gasteiger partial charge in [0.15, 0.2) is 0 Å². The normalized spacial score (nSPS) is 10.9. The lowest BCUT2D eigenvalue weighted by molar-refractivity contribution is -0.116. The average molecular weight is 266 g/mol. The summed E-state index contributed by atoms with van der Waals surface area (Å²) in [6, 6.07) is 6.14. The molecule has 0 spiro atoms. The standard InChI is InChI=1S/C12H12BrNO/c1-8(15)5-9-7-14(2)12-4-3-10(13)6-11(9)12/h3-4,6-7H,5H2,1-2H3. The number of hydrogen-bond donors (Lipinski definition) is 0. The lowest BCUT2D eigenvalue weighted by atomic mass is 10.1. The van der Waals surface area contributed by atoms with E-state index in [0.717, 1.165) is 20.9 Å². The number of hydrogen-bond acceptors (Lipinski definition) is 1. The minimum absolute atomic E-state index is 0.197. The first-order chi connectivity index (χ1) is 7.08. The topological polar surface area (TPSA) is 22.0 Å². The molecule has 1 aromatic carbocycles. The van der Waals surface area contributed by atoms with Gasteiger partial charge in [-0.15, -0.1) is 0 Å². The number of carbonyl (C=O) groups excluding carboxylic acids is 1. The van der Waals surface area contributed by atoms with Crippen LogP contribution in [0.3, 0.4) is 0 Å². The van der Waals surface area contributed by atoms with Crippen LogP contribution in [0.4, 0.5) is 0 Å². The molecule has 78 valence electrons. The van der Waals surface area contributed by atoms with Crippen LogP contribution in [0.25, 0.3) is 10.9 Å². The largest absolute Gasteiger partial charge is 0.350 e. The molecule has 0 saturated heterocycles. The molecule has 1 heterocycles. The molecule has 0 atom stereocenters. The third-order valence-corrected chi connectivity index (χ3v) is 2.97. The van der Waals surface area contributed by atoms with E-state index >= 15 is 0 Å². The summed E-state index contributed by atoms with van der Waals surface area (Å²) in [5.74, 6) is 0.197. The smallest absolute Gasteiger partial charge is 0.134 e. The molecule has 0 aliphatic heterocycles. The summed E-state index contributed by atoms with van der Waals surface area (Å²) in [4.78, 5) is 11.1. The van der Waals surface area contributed by atoms with Crippen molar-refractivity contribution in [2.24, 2.45) is 7.05 Å². The van der Waals surface area contributed by atoms with E-state index in [-0.39, 0.29) is 5.78 Å². The Morgan fingerprint density at radius 3 is 2.87 bits per heavy atom. The predicted molar refractivity (Wildman–Crippen MR) is 65.0 cm³/mol. The summed E-state index contributed by atoms with van der Waals surface area (Å²) in [6.45, 7) is 1.62. The van der Waals surface area contributed by atoms with Crippen LogP contribution in [0.2, 0.25) is 0 Å². The van der Waals surface area contributed by atoms with Gasteiger partial charge in [-0.25, -0.2) is 0 Å². The van der Waals surface area contributed by atoms with E-state index in [2.05, 4.69) is 32.6 Å². The molecule has 0 bridgehead atoms. The molecular weight excluding hydrogens is 254 g/mol. The maximum atomic E-state index is 11.1. The molecule has 3 heteroatoms. The van der Waals surface area contributed by atoms with Gasteiger partial charge in [0.1, 0.15) is 5.78 Å². The second kappa shape index (κ2) is 3.81. The van der Waals surface area contributed by atoms with Crippen molar-refractivity contribution < 1.29 is 4.79 Å². The molecule has 2 rings (SSSR count). The van der Waals surface area contributed by atoms with Crippen LogP contribution in [-0.4, -0.2) is 10.4 Å². The van der Waals surface area contributed by atoms with Crippen molar-refractivity contribution in [2.45, 2.75) is 13.3 Å². The van der Waals surface area contributed by atoms with Crippen LogP contribution < -0.4 is 0 Å². The Balaban J connectivity index is 2.64. The summed E-state index contributed by atoms with van der Waals surface area (Å²) < 4.78 is 3.10. The number of Topliss-reactive ketones (excluding diaryl/α,β-unsaturated/α-hetero) is 1. The van der Waals surface area contributed by atoms with Gasteiger partial charge in [0, 0.05) is 35.0 Å². The van der Waals surface area contributed by atoms with E-state index in [1.54, 1.807) is 6.92 Å². The van der Waals surface area contributed by atoms with Crippen molar-refractivity contribution in [3.05, 3.63) is 34.4 Å². The number of fused-ring (bicyclic) bond motifs is 1. The van der Waals surface area contributed by atoms with Gasteiger partial charge >= 0.3 is 0 Å². The number of ketones is 1. The molecule has 0 saturated carbocycles. The molecule has 0 amide bonds. The summed E-state index contributed by atoms with van der Waals surface area (Å²) in [7, 11) is 2.00. The molecule has 0 aliphatic carbocycles. The van der Waals surface area contributed by atoms with Crippen molar-refractivity contribution in [2.75, 3.05) is 0 Å². The number of halogens is 1. The van der Waals surface area contributed by atoms with Gasteiger partial charge in [-0.1, -0.05) is 15.9 Å². The first-order valence-corrected chi connectivity index (χ1v) is 5.60. The lowest BCUT2D eigenvalue weighted by Crippen LogP contribution is -1.94. The molecule has 0 N–H and O–H groups in total. The quantitative estimate of drug-likeness (QED) is 0.818. The molecule has 0 radical (unpaired) electrons. The highest BCUT2D eigenvalue weighted by Gasteiger charge is 2.08. The summed E-state index contributed by atoms with van der Waals surface area (Å²) >= 11 is 3.45. The number of benzene rings is 1. The van der Waals surface area contributed by atoms with Crippen molar-refractivity contribution in [3.8, 4) is 0 Å². The van der Waals surface area contributed by atoms with Crippen molar-refractivity contribution in [1.29, 1.82) is 0 Å². The van der Waals surface area contributed by atoms with Crippen molar-refractivity contribution in [3.63, 3.8) is 0 Å². The van der Waals surface area contributed by atoms with Gasteiger partial charge in [-0.2, -0.15) is 0 Å². The number of aromatic nitrogens is 1. The first kappa shape index (κ1) is 10.4. The van der Waals surface area contributed by atoms with E-state index < -0.39 is 0 Å². The van der Waals surface area contributed by atoms with Crippen LogP contribution in [-0.2, 0) is 18.3 Å². The zero-order valence-electron chi connectivity index (χ0n) is 8.75. The molecular formula is C12H12BrNO. The number of nitrogens with zero attached hydrogens (tertiary/aromatic N) is 1. The molecule has 2 nitrogen and oxygen atoms in total. The van der Waals surface area contributed by atoms with E-state index in [9.17, 15) is 4.79 Å². The number of aryl methyl sites for hydroxylation is 1. The van der Waals surface area contributed by atoms with Gasteiger partial charge in [-0.3, -0.25) is 4.79 Å². The van der Waals surface area contributed by atoms with Crippen molar-refractivity contribution in [1.82, 2.24) is 4.57 Å². The van der Waals surface area contributed by atoms with Gasteiger partial charge < -0.3 is 4.57 Å². The maximum Gasteiger partial charge on any atom is 0.134 e. The second-order valence-electron chi connectivity index (χ2n) is 3.81. The molecule has 0 fully saturated rings. The number of carbonyl (C=O) groups is 1. The Labute approximate surface area is 97.0 Å². The Kier molecular flexibility index (Phi) is 2.65. The van der Waals surface area contributed by atoms with Crippen LogP contribution in [0.5, 0.6) is 0 Å². The van der Waals surface area contributed by atoms with Crippen LogP contribution in [0, 0.1) is 0 Å². The Morgan fingerprint density at radius 1 is 1.47 bits per heavy atom.